The average Bonchev–Trinajstić information content (AvgIpc) is 3.24. The molecular formula is C17H20N4O2S2. The third-order valence-corrected chi connectivity index (χ3v) is 5.48. The number of carbonyl (C=O) groups is 1. The molecule has 0 atom stereocenters. The second-order valence-corrected chi connectivity index (χ2v) is 7.22. The first kappa shape index (κ1) is 17.8. The van der Waals surface area contributed by atoms with Crippen LogP contribution in [-0.2, 0) is 17.8 Å². The van der Waals surface area contributed by atoms with Crippen LogP contribution in [0.15, 0.2) is 29.6 Å². The normalized spacial score (nSPS) is 11.0. The minimum absolute atomic E-state index is 0.0960. The molecule has 0 unspecified atom stereocenters. The Morgan fingerprint density at radius 1 is 1.28 bits per heavy atom. The third-order valence-electron chi connectivity index (χ3n) is 3.92. The number of benzene rings is 1. The number of carbonyl (C=O) groups excluding carboxylic acids is 1. The van der Waals surface area contributed by atoms with Gasteiger partial charge in [-0.05, 0) is 41.6 Å². The number of aryl methyl sites for hydroxylation is 1. The van der Waals surface area contributed by atoms with Gasteiger partial charge in [-0.15, -0.1) is 11.3 Å². The van der Waals surface area contributed by atoms with Crippen molar-refractivity contribution in [3.63, 3.8) is 0 Å². The number of rotatable bonds is 7. The Bertz CT molecular complexity index is 846. The largest absolute Gasteiger partial charge is 0.383 e. The lowest BCUT2D eigenvalue weighted by Gasteiger charge is -2.22. The number of aromatic nitrogens is 2. The SMILES string of the molecule is COCCN(Cc1sccc1C)C(=O)NCc1ccc2nsnc2c1. The Balaban J connectivity index is 1.63. The Labute approximate surface area is 154 Å². The van der Waals surface area contributed by atoms with Crippen molar-refractivity contribution in [1.29, 1.82) is 0 Å². The summed E-state index contributed by atoms with van der Waals surface area (Å²) >= 11 is 2.86. The molecule has 1 aromatic carbocycles. The molecule has 8 heteroatoms. The maximum absolute atomic E-state index is 12.6. The van der Waals surface area contributed by atoms with Gasteiger partial charge in [0.25, 0.3) is 0 Å². The summed E-state index contributed by atoms with van der Waals surface area (Å²) in [5.74, 6) is 0. The van der Waals surface area contributed by atoms with E-state index in [0.717, 1.165) is 16.6 Å². The second-order valence-electron chi connectivity index (χ2n) is 5.69. The first-order chi connectivity index (χ1) is 12.2. The second kappa shape index (κ2) is 8.37. The predicted molar refractivity (Wildman–Crippen MR) is 101 cm³/mol. The molecular weight excluding hydrogens is 356 g/mol. The van der Waals surface area contributed by atoms with Gasteiger partial charge in [0.05, 0.1) is 24.9 Å². The van der Waals surface area contributed by atoms with E-state index in [1.54, 1.807) is 23.3 Å². The molecule has 3 aromatic rings. The fourth-order valence-electron chi connectivity index (χ4n) is 2.42. The first-order valence-corrected chi connectivity index (χ1v) is 9.54. The van der Waals surface area contributed by atoms with Gasteiger partial charge in [0.15, 0.2) is 0 Å². The van der Waals surface area contributed by atoms with Gasteiger partial charge in [-0.3, -0.25) is 0 Å². The molecule has 6 nitrogen and oxygen atoms in total. The smallest absolute Gasteiger partial charge is 0.318 e. The summed E-state index contributed by atoms with van der Waals surface area (Å²) in [4.78, 5) is 15.6. The molecule has 132 valence electrons. The van der Waals surface area contributed by atoms with Crippen LogP contribution in [0.5, 0.6) is 0 Å². The topological polar surface area (TPSA) is 67.3 Å². The minimum Gasteiger partial charge on any atom is -0.383 e. The lowest BCUT2D eigenvalue weighted by atomic mass is 10.2. The van der Waals surface area contributed by atoms with Crippen molar-refractivity contribution in [2.24, 2.45) is 0 Å². The van der Waals surface area contributed by atoms with E-state index in [9.17, 15) is 4.79 Å². The lowest BCUT2D eigenvalue weighted by Crippen LogP contribution is -2.40. The molecule has 0 aliphatic carbocycles. The van der Waals surface area contributed by atoms with Gasteiger partial charge in [0.2, 0.25) is 0 Å². The molecule has 2 heterocycles. The van der Waals surface area contributed by atoms with E-state index in [1.165, 1.54) is 22.2 Å². The number of amides is 2. The Kier molecular flexibility index (Phi) is 5.95. The van der Waals surface area contributed by atoms with E-state index in [4.69, 9.17) is 4.74 Å². The van der Waals surface area contributed by atoms with Crippen molar-refractivity contribution < 1.29 is 9.53 Å². The van der Waals surface area contributed by atoms with Crippen LogP contribution < -0.4 is 5.32 Å². The molecule has 0 spiro atoms. The van der Waals surface area contributed by atoms with Crippen molar-refractivity contribution in [3.8, 4) is 0 Å². The van der Waals surface area contributed by atoms with Gasteiger partial charge in [-0.1, -0.05) is 6.07 Å². The van der Waals surface area contributed by atoms with Gasteiger partial charge < -0.3 is 15.0 Å². The number of fused-ring (bicyclic) bond motifs is 1. The van der Waals surface area contributed by atoms with E-state index in [1.807, 2.05) is 23.6 Å². The Morgan fingerprint density at radius 3 is 2.88 bits per heavy atom. The summed E-state index contributed by atoms with van der Waals surface area (Å²) in [7, 11) is 1.64. The molecule has 3 rings (SSSR count). The monoisotopic (exact) mass is 376 g/mol. The summed E-state index contributed by atoms with van der Waals surface area (Å²) in [6.07, 6.45) is 0. The van der Waals surface area contributed by atoms with Crippen molar-refractivity contribution >= 4 is 40.1 Å². The predicted octanol–water partition coefficient (Wildman–Crippen LogP) is 3.42. The van der Waals surface area contributed by atoms with E-state index < -0.39 is 0 Å². The van der Waals surface area contributed by atoms with Crippen molar-refractivity contribution in [1.82, 2.24) is 19.0 Å². The summed E-state index contributed by atoms with van der Waals surface area (Å²) < 4.78 is 13.6. The molecule has 2 aromatic heterocycles. The molecule has 2 amide bonds. The van der Waals surface area contributed by atoms with Crippen LogP contribution in [0.2, 0.25) is 0 Å². The molecule has 0 aliphatic heterocycles. The number of thiophene rings is 1. The highest BCUT2D eigenvalue weighted by atomic mass is 32.1. The van der Waals surface area contributed by atoms with Gasteiger partial charge in [0, 0.05) is 25.1 Å². The van der Waals surface area contributed by atoms with Gasteiger partial charge in [0.1, 0.15) is 11.0 Å². The van der Waals surface area contributed by atoms with Gasteiger partial charge >= 0.3 is 6.03 Å². The van der Waals surface area contributed by atoms with Gasteiger partial charge in [-0.2, -0.15) is 8.75 Å². The number of nitrogens with zero attached hydrogens (tertiary/aromatic N) is 3. The highest BCUT2D eigenvalue weighted by Crippen LogP contribution is 2.18. The van der Waals surface area contributed by atoms with E-state index in [-0.39, 0.29) is 6.03 Å². The third kappa shape index (κ3) is 4.53. The maximum atomic E-state index is 12.6. The lowest BCUT2D eigenvalue weighted by molar-refractivity contribution is 0.146. The average molecular weight is 377 g/mol. The molecule has 0 aliphatic rings. The summed E-state index contributed by atoms with van der Waals surface area (Å²) in [6.45, 7) is 4.17. The molecule has 0 fully saturated rings. The maximum Gasteiger partial charge on any atom is 0.318 e. The Morgan fingerprint density at radius 2 is 2.12 bits per heavy atom. The highest BCUT2D eigenvalue weighted by molar-refractivity contribution is 7.10. The number of nitrogens with one attached hydrogen (secondary N) is 1. The number of ether oxygens (including phenoxy) is 1. The summed E-state index contributed by atoms with van der Waals surface area (Å²) in [6, 6.07) is 7.83. The van der Waals surface area contributed by atoms with Crippen molar-refractivity contribution in [2.45, 2.75) is 20.0 Å². The molecule has 0 bridgehead atoms. The van der Waals surface area contributed by atoms with Crippen LogP contribution in [-0.4, -0.2) is 39.9 Å². The fourth-order valence-corrected chi connectivity index (χ4v) is 3.86. The zero-order chi connectivity index (χ0) is 17.6. The molecule has 0 saturated carbocycles. The minimum atomic E-state index is -0.0960. The highest BCUT2D eigenvalue weighted by Gasteiger charge is 2.15. The number of methoxy groups -OCH3 is 1. The van der Waals surface area contributed by atoms with Crippen molar-refractivity contribution in [3.05, 3.63) is 45.6 Å². The first-order valence-electron chi connectivity index (χ1n) is 7.93. The van der Waals surface area contributed by atoms with Crippen LogP contribution >= 0.6 is 23.1 Å². The zero-order valence-corrected chi connectivity index (χ0v) is 15.8. The number of urea groups is 1. The molecule has 0 saturated heterocycles. The summed E-state index contributed by atoms with van der Waals surface area (Å²) in [5, 5.41) is 5.04. The van der Waals surface area contributed by atoms with Crippen LogP contribution in [0.3, 0.4) is 0 Å². The summed E-state index contributed by atoms with van der Waals surface area (Å²) in [5.41, 5.74) is 3.96. The zero-order valence-electron chi connectivity index (χ0n) is 14.2. The van der Waals surface area contributed by atoms with Crippen LogP contribution in [0, 0.1) is 6.92 Å². The van der Waals surface area contributed by atoms with E-state index in [2.05, 4.69) is 27.1 Å². The number of hydrogen-bond acceptors (Lipinski definition) is 6. The van der Waals surface area contributed by atoms with Crippen LogP contribution in [0.4, 0.5) is 4.79 Å². The van der Waals surface area contributed by atoms with E-state index >= 15 is 0 Å². The Hall–Kier alpha value is -2.03. The molecule has 25 heavy (non-hydrogen) atoms. The van der Waals surface area contributed by atoms with Crippen LogP contribution in [0.1, 0.15) is 16.0 Å². The van der Waals surface area contributed by atoms with Gasteiger partial charge in [-0.25, -0.2) is 4.79 Å². The van der Waals surface area contributed by atoms with Crippen LogP contribution in [0.25, 0.3) is 11.0 Å². The molecule has 0 radical (unpaired) electrons. The van der Waals surface area contributed by atoms with Crippen molar-refractivity contribution in [2.75, 3.05) is 20.3 Å². The quantitative estimate of drug-likeness (QED) is 0.686. The fraction of sp³-hybridized carbons (Fsp3) is 0.353. The standard InChI is InChI=1S/C17H20N4O2S2/c1-12-5-8-24-16(12)11-21(6-7-23-2)17(22)18-10-13-3-4-14-15(9-13)20-25-19-14/h3-5,8-9H,6-7,10-11H2,1-2H3,(H,18,22). The van der Waals surface area contributed by atoms with E-state index in [0.29, 0.717) is 26.2 Å². The molecule has 1 N–H and O–H groups in total. The number of hydrogen-bond donors (Lipinski definition) is 1.